The molecule has 0 radical (unpaired) electrons. The highest BCUT2D eigenvalue weighted by molar-refractivity contribution is 7.90. The second-order valence-electron chi connectivity index (χ2n) is 7.06. The second kappa shape index (κ2) is 6.54. The van der Waals surface area contributed by atoms with Crippen molar-refractivity contribution in [2.75, 3.05) is 13.1 Å². The molecule has 4 rings (SSSR count). The number of hydrogen-bond acceptors (Lipinski definition) is 6. The number of aryl methyl sites for hydroxylation is 1. The number of sulfonamides is 1. The Morgan fingerprint density at radius 1 is 1.36 bits per heavy atom. The van der Waals surface area contributed by atoms with Crippen LogP contribution < -0.4 is 4.72 Å². The molecule has 0 bridgehead atoms. The van der Waals surface area contributed by atoms with E-state index >= 15 is 0 Å². The van der Waals surface area contributed by atoms with Crippen molar-refractivity contribution in [3.8, 4) is 0 Å². The minimum Gasteiger partial charge on any atom is -0.361 e. The van der Waals surface area contributed by atoms with E-state index in [1.807, 2.05) is 23.7 Å². The zero-order valence-electron chi connectivity index (χ0n) is 14.3. The third-order valence-electron chi connectivity index (χ3n) is 4.74. The van der Waals surface area contributed by atoms with Crippen LogP contribution >= 0.6 is 0 Å². The SMILES string of the molecule is Cc1cc(CN2Cc3ccnn3C[C@H](CNS(=O)(=O)C3CC3)C2)no1. The molecular formula is C16H23N5O3S. The quantitative estimate of drug-likeness (QED) is 0.817. The van der Waals surface area contributed by atoms with E-state index in [-0.39, 0.29) is 11.2 Å². The third-order valence-corrected chi connectivity index (χ3v) is 6.65. The lowest BCUT2D eigenvalue weighted by atomic mass is 10.1. The molecule has 1 fully saturated rings. The maximum Gasteiger partial charge on any atom is 0.214 e. The first-order chi connectivity index (χ1) is 12.0. The Bertz CT molecular complexity index is 840. The van der Waals surface area contributed by atoms with Crippen molar-refractivity contribution < 1.29 is 12.9 Å². The molecule has 0 amide bonds. The van der Waals surface area contributed by atoms with Crippen LogP contribution in [-0.4, -0.2) is 46.6 Å². The Morgan fingerprint density at radius 2 is 2.20 bits per heavy atom. The zero-order valence-corrected chi connectivity index (χ0v) is 15.1. The van der Waals surface area contributed by atoms with Crippen LogP contribution in [0, 0.1) is 12.8 Å². The van der Waals surface area contributed by atoms with Crippen LogP contribution in [0.1, 0.15) is 30.0 Å². The Hall–Kier alpha value is -1.71. The lowest BCUT2D eigenvalue weighted by Gasteiger charge is -2.23. The number of hydrogen-bond donors (Lipinski definition) is 1. The van der Waals surface area contributed by atoms with E-state index in [4.69, 9.17) is 4.52 Å². The van der Waals surface area contributed by atoms with Crippen molar-refractivity contribution in [3.05, 3.63) is 35.5 Å². The maximum atomic E-state index is 12.1. The van der Waals surface area contributed by atoms with Gasteiger partial charge < -0.3 is 4.52 Å². The van der Waals surface area contributed by atoms with Gasteiger partial charge in [0.25, 0.3) is 0 Å². The summed E-state index contributed by atoms with van der Waals surface area (Å²) in [6, 6.07) is 3.95. The summed E-state index contributed by atoms with van der Waals surface area (Å²) in [6.07, 6.45) is 3.35. The van der Waals surface area contributed by atoms with Crippen LogP contribution in [0.25, 0.3) is 0 Å². The van der Waals surface area contributed by atoms with Gasteiger partial charge >= 0.3 is 0 Å². The van der Waals surface area contributed by atoms with Crippen LogP contribution in [0.2, 0.25) is 0 Å². The van der Waals surface area contributed by atoms with E-state index in [1.165, 1.54) is 0 Å². The van der Waals surface area contributed by atoms with Crippen molar-refractivity contribution in [3.63, 3.8) is 0 Å². The predicted molar refractivity (Wildman–Crippen MR) is 91.0 cm³/mol. The van der Waals surface area contributed by atoms with E-state index in [9.17, 15) is 8.42 Å². The first-order valence-electron chi connectivity index (χ1n) is 8.63. The van der Waals surface area contributed by atoms with Crippen molar-refractivity contribution in [2.45, 2.75) is 44.6 Å². The van der Waals surface area contributed by atoms with Crippen LogP contribution in [0.15, 0.2) is 22.9 Å². The molecule has 1 atom stereocenters. The molecule has 8 nitrogen and oxygen atoms in total. The minimum atomic E-state index is -3.16. The molecule has 0 saturated heterocycles. The summed E-state index contributed by atoms with van der Waals surface area (Å²) in [6.45, 7) is 5.24. The minimum absolute atomic E-state index is 0.155. The summed E-state index contributed by atoms with van der Waals surface area (Å²) in [5.41, 5.74) is 2.02. The van der Waals surface area contributed by atoms with Gasteiger partial charge in [0.2, 0.25) is 10.0 Å². The number of rotatable bonds is 6. The van der Waals surface area contributed by atoms with E-state index in [2.05, 4.69) is 19.9 Å². The van der Waals surface area contributed by atoms with Crippen molar-refractivity contribution in [1.29, 1.82) is 0 Å². The van der Waals surface area contributed by atoms with Gasteiger partial charge in [0.15, 0.2) is 0 Å². The van der Waals surface area contributed by atoms with Gasteiger partial charge in [0.05, 0.1) is 16.6 Å². The monoisotopic (exact) mass is 365 g/mol. The second-order valence-corrected chi connectivity index (χ2v) is 9.11. The van der Waals surface area contributed by atoms with Gasteiger partial charge in [-0.15, -0.1) is 0 Å². The Morgan fingerprint density at radius 3 is 2.92 bits per heavy atom. The number of nitrogens with one attached hydrogen (secondary N) is 1. The normalized spacial score (nSPS) is 21.9. The van der Waals surface area contributed by atoms with Crippen LogP contribution in [0.3, 0.4) is 0 Å². The largest absolute Gasteiger partial charge is 0.361 e. The van der Waals surface area contributed by atoms with Gasteiger partial charge in [0.1, 0.15) is 5.76 Å². The first kappa shape index (κ1) is 16.7. The number of fused-ring (bicyclic) bond motifs is 1. The Labute approximate surface area is 147 Å². The number of aromatic nitrogens is 3. The smallest absolute Gasteiger partial charge is 0.214 e. The van der Waals surface area contributed by atoms with E-state index < -0.39 is 10.0 Å². The molecule has 136 valence electrons. The van der Waals surface area contributed by atoms with Crippen molar-refractivity contribution in [2.24, 2.45) is 5.92 Å². The van der Waals surface area contributed by atoms with E-state index in [1.54, 1.807) is 6.20 Å². The van der Waals surface area contributed by atoms with Gasteiger partial charge in [-0.1, -0.05) is 5.16 Å². The molecule has 0 spiro atoms. The molecule has 2 aromatic heterocycles. The van der Waals surface area contributed by atoms with Gasteiger partial charge in [-0.3, -0.25) is 9.58 Å². The van der Waals surface area contributed by atoms with Crippen molar-refractivity contribution in [1.82, 2.24) is 24.6 Å². The van der Waals surface area contributed by atoms with Gasteiger partial charge in [-0.2, -0.15) is 5.10 Å². The average Bonchev–Trinajstić information content (AvgIpc) is 3.27. The van der Waals surface area contributed by atoms with Crippen molar-refractivity contribution >= 4 is 10.0 Å². The lowest BCUT2D eigenvalue weighted by molar-refractivity contribution is 0.215. The van der Waals surface area contributed by atoms with Crippen LogP contribution in [-0.2, 0) is 29.7 Å². The molecular weight excluding hydrogens is 342 g/mol. The van der Waals surface area contributed by atoms with Crippen LogP contribution in [0.4, 0.5) is 0 Å². The highest BCUT2D eigenvalue weighted by Gasteiger charge is 2.36. The fraction of sp³-hybridized carbons (Fsp3) is 0.625. The molecule has 2 aliphatic rings. The van der Waals surface area contributed by atoms with Gasteiger partial charge in [-0.05, 0) is 25.8 Å². The summed E-state index contributed by atoms with van der Waals surface area (Å²) in [5.74, 6) is 0.950. The Balaban J connectivity index is 1.46. The van der Waals surface area contributed by atoms with Gasteiger partial charge in [0, 0.05) is 50.9 Å². The zero-order chi connectivity index (χ0) is 17.4. The summed E-state index contributed by atoms with van der Waals surface area (Å²) in [4.78, 5) is 2.27. The Kier molecular flexibility index (Phi) is 4.38. The molecule has 25 heavy (non-hydrogen) atoms. The topological polar surface area (TPSA) is 93.3 Å². The lowest BCUT2D eigenvalue weighted by Crippen LogP contribution is -2.37. The highest BCUT2D eigenvalue weighted by atomic mass is 32.2. The average molecular weight is 365 g/mol. The van der Waals surface area contributed by atoms with E-state index in [0.29, 0.717) is 19.6 Å². The molecule has 3 heterocycles. The fourth-order valence-electron chi connectivity index (χ4n) is 3.32. The molecule has 0 unspecified atom stereocenters. The molecule has 9 heteroatoms. The fourth-order valence-corrected chi connectivity index (χ4v) is 4.78. The predicted octanol–water partition coefficient (Wildman–Crippen LogP) is 0.893. The summed E-state index contributed by atoms with van der Waals surface area (Å²) < 4.78 is 34.2. The summed E-state index contributed by atoms with van der Waals surface area (Å²) in [7, 11) is -3.16. The molecule has 1 aliphatic heterocycles. The molecule has 1 aliphatic carbocycles. The molecule has 1 N–H and O–H groups in total. The molecule has 0 aromatic carbocycles. The highest BCUT2D eigenvalue weighted by Crippen LogP contribution is 2.27. The third kappa shape index (κ3) is 3.94. The van der Waals surface area contributed by atoms with Crippen LogP contribution in [0.5, 0.6) is 0 Å². The van der Waals surface area contributed by atoms with Gasteiger partial charge in [-0.25, -0.2) is 13.1 Å². The molecule has 1 saturated carbocycles. The molecule has 2 aromatic rings. The van der Waals surface area contributed by atoms with E-state index in [0.717, 1.165) is 43.1 Å². The maximum absolute atomic E-state index is 12.1. The first-order valence-corrected chi connectivity index (χ1v) is 10.2. The standard InChI is InChI=1S/C16H23N5O3S/c1-12-6-14(19-24-12)10-20-8-13(7-18-25(22,23)16-2-3-16)9-21-15(11-20)4-5-17-21/h4-6,13,16,18H,2-3,7-11H2,1H3/t13-/m1/s1. The summed E-state index contributed by atoms with van der Waals surface area (Å²) in [5, 5.41) is 8.27. The summed E-state index contributed by atoms with van der Waals surface area (Å²) >= 11 is 0. The number of nitrogens with zero attached hydrogens (tertiary/aromatic N) is 4.